The zero-order valence-electron chi connectivity index (χ0n) is 8.85. The first-order chi connectivity index (χ1) is 7.31. The van der Waals surface area contributed by atoms with E-state index in [1.807, 2.05) is 16.9 Å². The lowest BCUT2D eigenvalue weighted by atomic mass is 10.1. The molecule has 0 fully saturated rings. The van der Waals surface area contributed by atoms with Gasteiger partial charge in [-0.1, -0.05) is 6.07 Å². The first-order valence-electron chi connectivity index (χ1n) is 5.11. The number of aromatic nitrogens is 2. The molecule has 3 nitrogen and oxygen atoms in total. The molecule has 0 amide bonds. The molecule has 0 aliphatic rings. The fraction of sp³-hybridized carbons (Fsp3) is 0.250. The molecular weight excluding hydrogens is 186 g/mol. The second-order valence-electron chi connectivity index (χ2n) is 3.60. The van der Waals surface area contributed by atoms with Crippen LogP contribution < -0.4 is 5.73 Å². The predicted octanol–water partition coefficient (Wildman–Crippen LogP) is 1.68. The standard InChI is InChI=1S/C12H15N3/c1-10-9-12(15-8-2-7-14-15)4-3-11(10)5-6-13/h2-4,7-9H,5-6,13H2,1H3. The second-order valence-corrected chi connectivity index (χ2v) is 3.60. The third kappa shape index (κ3) is 2.07. The summed E-state index contributed by atoms with van der Waals surface area (Å²) in [5, 5.41) is 4.20. The Morgan fingerprint density at radius 2 is 2.27 bits per heavy atom. The Kier molecular flexibility index (Phi) is 2.83. The molecule has 1 aromatic carbocycles. The Morgan fingerprint density at radius 1 is 1.40 bits per heavy atom. The van der Waals surface area contributed by atoms with E-state index in [1.165, 1.54) is 11.1 Å². The zero-order chi connectivity index (χ0) is 10.7. The van der Waals surface area contributed by atoms with Gasteiger partial charge >= 0.3 is 0 Å². The molecule has 0 saturated carbocycles. The van der Waals surface area contributed by atoms with Gasteiger partial charge in [0.2, 0.25) is 0 Å². The van der Waals surface area contributed by atoms with Crippen molar-refractivity contribution in [2.75, 3.05) is 6.54 Å². The Balaban J connectivity index is 2.33. The van der Waals surface area contributed by atoms with Crippen LogP contribution in [-0.2, 0) is 6.42 Å². The lowest BCUT2D eigenvalue weighted by molar-refractivity contribution is 0.874. The topological polar surface area (TPSA) is 43.8 Å². The zero-order valence-corrected chi connectivity index (χ0v) is 8.85. The number of benzene rings is 1. The lowest BCUT2D eigenvalue weighted by Crippen LogP contribution is -2.05. The molecule has 0 bridgehead atoms. The van der Waals surface area contributed by atoms with E-state index in [9.17, 15) is 0 Å². The van der Waals surface area contributed by atoms with Crippen LogP contribution in [0, 0.1) is 6.92 Å². The Bertz CT molecular complexity index is 432. The van der Waals surface area contributed by atoms with Crippen LogP contribution in [0.1, 0.15) is 11.1 Å². The van der Waals surface area contributed by atoms with Gasteiger partial charge in [-0.05, 0) is 49.2 Å². The summed E-state index contributed by atoms with van der Waals surface area (Å²) in [6.45, 7) is 2.81. The maximum Gasteiger partial charge on any atom is 0.0648 e. The van der Waals surface area contributed by atoms with Crippen molar-refractivity contribution in [3.05, 3.63) is 47.8 Å². The van der Waals surface area contributed by atoms with E-state index in [1.54, 1.807) is 6.20 Å². The SMILES string of the molecule is Cc1cc(-n2cccn2)ccc1CCN. The summed E-state index contributed by atoms with van der Waals surface area (Å²) in [4.78, 5) is 0. The molecule has 0 radical (unpaired) electrons. The van der Waals surface area contributed by atoms with E-state index in [-0.39, 0.29) is 0 Å². The third-order valence-corrected chi connectivity index (χ3v) is 2.51. The van der Waals surface area contributed by atoms with E-state index in [0.717, 1.165) is 12.1 Å². The van der Waals surface area contributed by atoms with Gasteiger partial charge in [-0.3, -0.25) is 0 Å². The molecule has 78 valence electrons. The molecule has 0 atom stereocenters. The van der Waals surface area contributed by atoms with Crippen LogP contribution in [0.2, 0.25) is 0 Å². The maximum absolute atomic E-state index is 5.54. The minimum absolute atomic E-state index is 0.696. The minimum atomic E-state index is 0.696. The maximum atomic E-state index is 5.54. The molecule has 0 aliphatic heterocycles. The fourth-order valence-electron chi connectivity index (χ4n) is 1.68. The molecule has 0 unspecified atom stereocenters. The van der Waals surface area contributed by atoms with Crippen molar-refractivity contribution in [1.82, 2.24) is 9.78 Å². The van der Waals surface area contributed by atoms with Crippen LogP contribution in [0.4, 0.5) is 0 Å². The van der Waals surface area contributed by atoms with Gasteiger partial charge in [0.1, 0.15) is 0 Å². The van der Waals surface area contributed by atoms with Crippen molar-refractivity contribution in [2.24, 2.45) is 5.73 Å². The Labute approximate surface area is 89.5 Å². The van der Waals surface area contributed by atoms with Crippen LogP contribution in [0.3, 0.4) is 0 Å². The van der Waals surface area contributed by atoms with Crippen LogP contribution in [-0.4, -0.2) is 16.3 Å². The minimum Gasteiger partial charge on any atom is -0.330 e. The van der Waals surface area contributed by atoms with Crippen LogP contribution >= 0.6 is 0 Å². The first-order valence-corrected chi connectivity index (χ1v) is 5.11. The Hall–Kier alpha value is -1.61. The molecule has 1 heterocycles. The molecule has 0 saturated heterocycles. The van der Waals surface area contributed by atoms with Gasteiger partial charge in [-0.2, -0.15) is 5.10 Å². The fourth-order valence-corrected chi connectivity index (χ4v) is 1.68. The summed E-state index contributed by atoms with van der Waals surface area (Å²) in [6, 6.07) is 8.26. The summed E-state index contributed by atoms with van der Waals surface area (Å²) >= 11 is 0. The molecule has 3 heteroatoms. The third-order valence-electron chi connectivity index (χ3n) is 2.51. The summed E-state index contributed by atoms with van der Waals surface area (Å²) in [7, 11) is 0. The number of rotatable bonds is 3. The summed E-state index contributed by atoms with van der Waals surface area (Å²) in [5.41, 5.74) is 9.23. The highest BCUT2D eigenvalue weighted by atomic mass is 15.3. The highest BCUT2D eigenvalue weighted by molar-refractivity contribution is 5.39. The van der Waals surface area contributed by atoms with E-state index in [4.69, 9.17) is 5.73 Å². The highest BCUT2D eigenvalue weighted by Gasteiger charge is 2.00. The average Bonchev–Trinajstić information content (AvgIpc) is 2.74. The number of hydrogen-bond donors (Lipinski definition) is 1. The normalized spacial score (nSPS) is 10.5. The summed E-state index contributed by atoms with van der Waals surface area (Å²) < 4.78 is 1.86. The predicted molar refractivity (Wildman–Crippen MR) is 61.1 cm³/mol. The van der Waals surface area contributed by atoms with Gasteiger partial charge < -0.3 is 5.73 Å². The van der Waals surface area contributed by atoms with Gasteiger partial charge in [0.05, 0.1) is 5.69 Å². The molecule has 2 aromatic rings. The number of aryl methyl sites for hydroxylation is 1. The van der Waals surface area contributed by atoms with E-state index >= 15 is 0 Å². The molecule has 1 aromatic heterocycles. The van der Waals surface area contributed by atoms with Gasteiger partial charge in [-0.25, -0.2) is 4.68 Å². The van der Waals surface area contributed by atoms with Crippen molar-refractivity contribution in [1.29, 1.82) is 0 Å². The van der Waals surface area contributed by atoms with Gasteiger partial charge in [0.15, 0.2) is 0 Å². The lowest BCUT2D eigenvalue weighted by Gasteiger charge is -2.07. The second kappa shape index (κ2) is 4.28. The summed E-state index contributed by atoms with van der Waals surface area (Å²) in [6.07, 6.45) is 4.66. The molecule has 2 rings (SSSR count). The largest absolute Gasteiger partial charge is 0.330 e. The first kappa shape index (κ1) is 9.93. The van der Waals surface area contributed by atoms with Crippen LogP contribution in [0.5, 0.6) is 0 Å². The number of hydrogen-bond acceptors (Lipinski definition) is 2. The van der Waals surface area contributed by atoms with Gasteiger partial charge in [0, 0.05) is 12.4 Å². The summed E-state index contributed by atoms with van der Waals surface area (Å²) in [5.74, 6) is 0. The van der Waals surface area contributed by atoms with Crippen molar-refractivity contribution in [2.45, 2.75) is 13.3 Å². The quantitative estimate of drug-likeness (QED) is 0.821. The molecule has 0 aliphatic carbocycles. The smallest absolute Gasteiger partial charge is 0.0648 e. The van der Waals surface area contributed by atoms with Crippen molar-refractivity contribution in [3.63, 3.8) is 0 Å². The molecular formula is C12H15N3. The monoisotopic (exact) mass is 201 g/mol. The Morgan fingerprint density at radius 3 is 2.87 bits per heavy atom. The molecule has 15 heavy (non-hydrogen) atoms. The molecule has 2 N–H and O–H groups in total. The van der Waals surface area contributed by atoms with Crippen LogP contribution in [0.15, 0.2) is 36.7 Å². The van der Waals surface area contributed by atoms with E-state index < -0.39 is 0 Å². The van der Waals surface area contributed by atoms with Crippen molar-refractivity contribution >= 4 is 0 Å². The van der Waals surface area contributed by atoms with E-state index in [0.29, 0.717) is 6.54 Å². The molecule has 0 spiro atoms. The number of nitrogens with two attached hydrogens (primary N) is 1. The average molecular weight is 201 g/mol. The van der Waals surface area contributed by atoms with Gasteiger partial charge in [0.25, 0.3) is 0 Å². The number of nitrogens with zero attached hydrogens (tertiary/aromatic N) is 2. The highest BCUT2D eigenvalue weighted by Crippen LogP contribution is 2.14. The van der Waals surface area contributed by atoms with Gasteiger partial charge in [-0.15, -0.1) is 0 Å². The van der Waals surface area contributed by atoms with E-state index in [2.05, 4.69) is 30.2 Å². The van der Waals surface area contributed by atoms with Crippen molar-refractivity contribution in [3.8, 4) is 5.69 Å². The van der Waals surface area contributed by atoms with Crippen LogP contribution in [0.25, 0.3) is 5.69 Å². The van der Waals surface area contributed by atoms with Crippen molar-refractivity contribution < 1.29 is 0 Å².